The van der Waals surface area contributed by atoms with Crippen LogP contribution in [0, 0.1) is 17.8 Å². The minimum Gasteiger partial charge on any atom is -0.342 e. The average molecular weight is 344 g/mol. The average Bonchev–Trinajstić information content (AvgIpc) is 3.24. The number of aromatic nitrogens is 2. The van der Waals surface area contributed by atoms with Crippen molar-refractivity contribution in [2.24, 2.45) is 24.8 Å². The van der Waals surface area contributed by atoms with Gasteiger partial charge in [0.15, 0.2) is 0 Å². The molecule has 0 bridgehead atoms. The topological polar surface area (TPSA) is 58.4 Å². The van der Waals surface area contributed by atoms with Crippen molar-refractivity contribution in [3.8, 4) is 0 Å². The van der Waals surface area contributed by atoms with E-state index in [0.717, 1.165) is 31.8 Å². The van der Waals surface area contributed by atoms with Gasteiger partial charge >= 0.3 is 0 Å². The van der Waals surface area contributed by atoms with E-state index >= 15 is 0 Å². The predicted octanol–water partition coefficient (Wildman–Crippen LogP) is 1.98. The largest absolute Gasteiger partial charge is 0.342 e. The van der Waals surface area contributed by atoms with Gasteiger partial charge in [0.2, 0.25) is 11.8 Å². The lowest BCUT2D eigenvalue weighted by Crippen LogP contribution is -2.50. The highest BCUT2D eigenvalue weighted by Gasteiger charge is 2.49. The lowest BCUT2D eigenvalue weighted by molar-refractivity contribution is -0.148. The van der Waals surface area contributed by atoms with Crippen molar-refractivity contribution in [3.05, 3.63) is 18.2 Å². The lowest BCUT2D eigenvalue weighted by Gasteiger charge is -2.41. The summed E-state index contributed by atoms with van der Waals surface area (Å²) in [5.74, 6) is 2.15. The van der Waals surface area contributed by atoms with Crippen molar-refractivity contribution >= 4 is 11.8 Å². The molecule has 0 radical (unpaired) electrons. The summed E-state index contributed by atoms with van der Waals surface area (Å²) in [6.45, 7) is 6.10. The number of rotatable bonds is 3. The Morgan fingerprint density at radius 2 is 1.84 bits per heavy atom. The Morgan fingerprint density at radius 3 is 2.40 bits per heavy atom. The molecule has 1 saturated carbocycles. The normalized spacial score (nSPS) is 33.2. The van der Waals surface area contributed by atoms with E-state index in [1.54, 1.807) is 6.20 Å². The molecule has 0 N–H and O–H groups in total. The maximum Gasteiger partial charge on any atom is 0.228 e. The molecule has 3 aliphatic rings. The van der Waals surface area contributed by atoms with Crippen molar-refractivity contribution in [1.82, 2.24) is 19.4 Å². The summed E-state index contributed by atoms with van der Waals surface area (Å²) in [4.78, 5) is 34.5. The van der Waals surface area contributed by atoms with E-state index in [1.807, 2.05) is 27.6 Å². The smallest absolute Gasteiger partial charge is 0.228 e. The van der Waals surface area contributed by atoms with Crippen LogP contribution in [0.3, 0.4) is 0 Å². The fourth-order valence-electron chi connectivity index (χ4n) is 4.47. The quantitative estimate of drug-likeness (QED) is 0.842. The second kappa shape index (κ2) is 6.15. The Bertz CT molecular complexity index is 671. The molecule has 3 fully saturated rings. The van der Waals surface area contributed by atoms with Crippen LogP contribution in [-0.4, -0.2) is 50.3 Å². The number of carbonyl (C=O) groups is 2. The second-order valence-electron chi connectivity index (χ2n) is 8.22. The van der Waals surface area contributed by atoms with Gasteiger partial charge in [0, 0.05) is 45.0 Å². The first kappa shape index (κ1) is 16.6. The highest BCUT2D eigenvalue weighted by atomic mass is 16.2. The monoisotopic (exact) mass is 344 g/mol. The number of amides is 2. The Balaban J connectivity index is 1.66. The van der Waals surface area contributed by atoms with Crippen LogP contribution in [0.1, 0.15) is 51.4 Å². The second-order valence-corrected chi connectivity index (χ2v) is 8.22. The van der Waals surface area contributed by atoms with Crippen LogP contribution in [0.25, 0.3) is 0 Å². The fraction of sp³-hybridized carbons (Fsp3) is 0.737. The molecule has 1 aliphatic carbocycles. The first-order chi connectivity index (χ1) is 12.0. The molecule has 6 heteroatoms. The van der Waals surface area contributed by atoms with Gasteiger partial charge in [-0.25, -0.2) is 4.98 Å². The number of hydrogen-bond acceptors (Lipinski definition) is 3. The number of likely N-dealkylation sites (tertiary alicyclic amines) is 2. The van der Waals surface area contributed by atoms with Gasteiger partial charge in [-0.2, -0.15) is 0 Å². The molecule has 0 aromatic carbocycles. The zero-order chi connectivity index (χ0) is 17.7. The van der Waals surface area contributed by atoms with Crippen LogP contribution in [0.15, 0.2) is 12.4 Å². The molecule has 4 atom stereocenters. The van der Waals surface area contributed by atoms with Gasteiger partial charge < -0.3 is 14.4 Å². The predicted molar refractivity (Wildman–Crippen MR) is 93.4 cm³/mol. The molecule has 2 unspecified atom stereocenters. The van der Waals surface area contributed by atoms with Crippen LogP contribution < -0.4 is 0 Å². The third kappa shape index (κ3) is 2.85. The number of hydrogen-bond donors (Lipinski definition) is 0. The minimum atomic E-state index is -0.215. The fourth-order valence-corrected chi connectivity index (χ4v) is 4.47. The molecule has 4 rings (SSSR count). The molecular weight excluding hydrogens is 316 g/mol. The van der Waals surface area contributed by atoms with E-state index < -0.39 is 0 Å². The number of aryl methyl sites for hydroxylation is 1. The first-order valence-corrected chi connectivity index (χ1v) is 9.54. The molecule has 2 saturated heterocycles. The van der Waals surface area contributed by atoms with E-state index in [1.165, 1.54) is 0 Å². The number of imidazole rings is 1. The van der Waals surface area contributed by atoms with Gasteiger partial charge in [-0.15, -0.1) is 0 Å². The summed E-state index contributed by atoms with van der Waals surface area (Å²) < 4.78 is 1.97. The first-order valence-electron chi connectivity index (χ1n) is 9.54. The highest BCUT2D eigenvalue weighted by Crippen LogP contribution is 2.44. The van der Waals surface area contributed by atoms with E-state index in [0.29, 0.717) is 30.7 Å². The van der Waals surface area contributed by atoms with Crippen molar-refractivity contribution in [1.29, 1.82) is 0 Å². The van der Waals surface area contributed by atoms with Crippen LogP contribution in [-0.2, 0) is 16.6 Å². The van der Waals surface area contributed by atoms with Gasteiger partial charge in [-0.05, 0) is 31.1 Å². The Labute approximate surface area is 149 Å². The van der Waals surface area contributed by atoms with E-state index in [9.17, 15) is 9.59 Å². The SMILES string of the molecule is CC1CN(C(=O)[C@@H]2CCC(=O)N(C3CC3)[C@H]2c2nccn2C)CC1C. The maximum absolute atomic E-state index is 13.4. The van der Waals surface area contributed by atoms with Gasteiger partial charge in [0.1, 0.15) is 11.9 Å². The number of piperidine rings is 1. The molecule has 1 aromatic heterocycles. The summed E-state index contributed by atoms with van der Waals surface area (Å²) in [5, 5.41) is 0. The molecule has 6 nitrogen and oxygen atoms in total. The van der Waals surface area contributed by atoms with Gasteiger partial charge in [0.05, 0.1) is 5.92 Å². The van der Waals surface area contributed by atoms with Gasteiger partial charge in [-0.1, -0.05) is 13.8 Å². The van der Waals surface area contributed by atoms with Crippen molar-refractivity contribution in [2.45, 2.75) is 51.6 Å². The third-order valence-corrected chi connectivity index (χ3v) is 6.32. The van der Waals surface area contributed by atoms with E-state index in [-0.39, 0.29) is 23.8 Å². The van der Waals surface area contributed by atoms with Crippen molar-refractivity contribution in [3.63, 3.8) is 0 Å². The molecule has 0 spiro atoms. The van der Waals surface area contributed by atoms with Crippen molar-refractivity contribution in [2.75, 3.05) is 13.1 Å². The Morgan fingerprint density at radius 1 is 1.16 bits per heavy atom. The van der Waals surface area contributed by atoms with Crippen LogP contribution in [0.2, 0.25) is 0 Å². The van der Waals surface area contributed by atoms with Crippen molar-refractivity contribution < 1.29 is 9.59 Å². The third-order valence-electron chi connectivity index (χ3n) is 6.32. The highest BCUT2D eigenvalue weighted by molar-refractivity contribution is 5.85. The molecule has 1 aromatic rings. The Kier molecular flexibility index (Phi) is 4.08. The standard InChI is InChI=1S/C19H28N4O2/c1-12-10-22(11-13(12)2)19(25)15-6-7-16(24)23(14-4-5-14)17(15)18-20-8-9-21(18)3/h8-9,12-15,17H,4-7,10-11H2,1-3H3/t12?,13?,15-,17-/m1/s1. The summed E-state index contributed by atoms with van der Waals surface area (Å²) in [6, 6.07) is 0.0775. The number of carbonyl (C=O) groups excluding carboxylic acids is 2. The summed E-state index contributed by atoms with van der Waals surface area (Å²) in [7, 11) is 1.95. The Hall–Kier alpha value is -1.85. The molecule has 2 aliphatic heterocycles. The summed E-state index contributed by atoms with van der Waals surface area (Å²) >= 11 is 0. The maximum atomic E-state index is 13.4. The lowest BCUT2D eigenvalue weighted by atomic mass is 9.86. The van der Waals surface area contributed by atoms with Gasteiger partial charge in [-0.3, -0.25) is 9.59 Å². The van der Waals surface area contributed by atoms with Crippen LogP contribution in [0.4, 0.5) is 0 Å². The zero-order valence-corrected chi connectivity index (χ0v) is 15.4. The molecule has 25 heavy (non-hydrogen) atoms. The molecular formula is C19H28N4O2. The minimum absolute atomic E-state index is 0.170. The molecule has 136 valence electrons. The van der Waals surface area contributed by atoms with E-state index in [4.69, 9.17) is 0 Å². The van der Waals surface area contributed by atoms with E-state index in [2.05, 4.69) is 18.8 Å². The van der Waals surface area contributed by atoms with Crippen LogP contribution in [0.5, 0.6) is 0 Å². The molecule has 3 heterocycles. The summed E-state index contributed by atoms with van der Waals surface area (Å²) in [5.41, 5.74) is 0. The number of nitrogens with zero attached hydrogens (tertiary/aromatic N) is 4. The van der Waals surface area contributed by atoms with Crippen LogP contribution >= 0.6 is 0 Å². The van der Waals surface area contributed by atoms with Gasteiger partial charge in [0.25, 0.3) is 0 Å². The summed E-state index contributed by atoms with van der Waals surface area (Å²) in [6.07, 6.45) is 6.88. The molecule has 2 amide bonds. The zero-order valence-electron chi connectivity index (χ0n) is 15.4.